The summed E-state index contributed by atoms with van der Waals surface area (Å²) < 4.78 is 28.0. The van der Waals surface area contributed by atoms with Gasteiger partial charge in [0.15, 0.2) is 0 Å². The van der Waals surface area contributed by atoms with Crippen LogP contribution in [0.5, 0.6) is 0 Å². The Bertz CT molecular complexity index is 953. The summed E-state index contributed by atoms with van der Waals surface area (Å²) in [6.07, 6.45) is 1.74. The number of sulfonamides is 1. The molecule has 1 aliphatic rings. The third kappa shape index (κ3) is 5.16. The van der Waals surface area contributed by atoms with Crippen LogP contribution in [-0.4, -0.2) is 51.9 Å². The zero-order valence-corrected chi connectivity index (χ0v) is 18.1. The van der Waals surface area contributed by atoms with E-state index in [1.807, 2.05) is 32.0 Å². The van der Waals surface area contributed by atoms with Gasteiger partial charge < -0.3 is 10.2 Å². The van der Waals surface area contributed by atoms with Crippen LogP contribution in [0.4, 0.5) is 5.69 Å². The molecule has 6 nitrogen and oxygen atoms in total. The van der Waals surface area contributed by atoms with Crippen molar-refractivity contribution < 1.29 is 13.2 Å². The summed E-state index contributed by atoms with van der Waals surface area (Å²) in [5.41, 5.74) is 2.28. The fourth-order valence-electron chi connectivity index (χ4n) is 3.56. The lowest BCUT2D eigenvalue weighted by Crippen LogP contribution is -2.48. The van der Waals surface area contributed by atoms with Gasteiger partial charge >= 0.3 is 0 Å². The van der Waals surface area contributed by atoms with Crippen molar-refractivity contribution in [3.05, 3.63) is 59.7 Å². The number of benzene rings is 2. The van der Waals surface area contributed by atoms with Gasteiger partial charge in [-0.2, -0.15) is 0 Å². The van der Waals surface area contributed by atoms with Crippen molar-refractivity contribution in [2.45, 2.75) is 37.6 Å². The van der Waals surface area contributed by atoms with E-state index < -0.39 is 10.0 Å². The molecule has 1 heterocycles. The van der Waals surface area contributed by atoms with Gasteiger partial charge in [-0.05, 0) is 76.2 Å². The molecule has 2 aromatic rings. The molecule has 1 amide bonds. The number of nitrogens with zero attached hydrogens (tertiary/aromatic N) is 2. The van der Waals surface area contributed by atoms with Crippen molar-refractivity contribution in [2.24, 2.45) is 0 Å². The first-order valence-electron chi connectivity index (χ1n) is 9.90. The van der Waals surface area contributed by atoms with Crippen LogP contribution in [-0.2, 0) is 14.8 Å². The highest BCUT2D eigenvalue weighted by atomic mass is 32.2. The number of amides is 1. The molecule has 1 saturated heterocycles. The highest BCUT2D eigenvalue weighted by Gasteiger charge is 2.29. The topological polar surface area (TPSA) is 69.7 Å². The molecule has 0 radical (unpaired) electrons. The van der Waals surface area contributed by atoms with E-state index in [0.29, 0.717) is 5.69 Å². The number of anilines is 1. The van der Waals surface area contributed by atoms with Crippen molar-refractivity contribution in [1.82, 2.24) is 10.2 Å². The van der Waals surface area contributed by atoms with Crippen LogP contribution in [0.15, 0.2) is 53.4 Å². The normalized spacial score (nSPS) is 15.8. The van der Waals surface area contributed by atoms with E-state index in [1.165, 1.54) is 4.31 Å². The van der Waals surface area contributed by atoms with E-state index in [9.17, 15) is 13.2 Å². The Balaban J connectivity index is 1.89. The second-order valence-electron chi connectivity index (χ2n) is 7.76. The van der Waals surface area contributed by atoms with Crippen LogP contribution < -0.4 is 9.62 Å². The Morgan fingerprint density at radius 2 is 1.76 bits per heavy atom. The number of hydrogen-bond donors (Lipinski definition) is 1. The number of hydrogen-bond acceptors (Lipinski definition) is 4. The number of carbonyl (C=O) groups is 1. The molecule has 1 aliphatic heterocycles. The lowest BCUT2D eigenvalue weighted by atomic mass is 10.1. The standard InChI is InChI=1S/C22H29N3O3S/c1-17-9-10-18(2)21(15-17)25(29(27,28)20-7-5-4-6-8-20)16-22(26)23-19-11-13-24(3)14-12-19/h4-10,15,19H,11-14,16H2,1-3H3,(H,23,26). The molecule has 156 valence electrons. The summed E-state index contributed by atoms with van der Waals surface area (Å²) in [6.45, 7) is 5.38. The third-order valence-electron chi connectivity index (χ3n) is 5.34. The Hall–Kier alpha value is -2.38. The Morgan fingerprint density at radius 3 is 2.41 bits per heavy atom. The van der Waals surface area contributed by atoms with Gasteiger partial charge in [0.1, 0.15) is 6.54 Å². The van der Waals surface area contributed by atoms with Crippen molar-refractivity contribution >= 4 is 21.6 Å². The van der Waals surface area contributed by atoms with E-state index in [1.54, 1.807) is 30.3 Å². The Kier molecular flexibility index (Phi) is 6.59. The van der Waals surface area contributed by atoms with Crippen LogP contribution >= 0.6 is 0 Å². The molecule has 1 fully saturated rings. The maximum atomic E-state index is 13.4. The van der Waals surface area contributed by atoms with Crippen LogP contribution in [0.1, 0.15) is 24.0 Å². The van der Waals surface area contributed by atoms with Crippen molar-refractivity contribution in [2.75, 3.05) is 31.0 Å². The predicted molar refractivity (Wildman–Crippen MR) is 116 cm³/mol. The van der Waals surface area contributed by atoms with E-state index in [4.69, 9.17) is 0 Å². The number of likely N-dealkylation sites (tertiary alicyclic amines) is 1. The smallest absolute Gasteiger partial charge is 0.264 e. The molecule has 0 atom stereocenters. The molecule has 0 bridgehead atoms. The van der Waals surface area contributed by atoms with E-state index in [-0.39, 0.29) is 23.4 Å². The fourth-order valence-corrected chi connectivity index (χ4v) is 5.06. The van der Waals surface area contributed by atoms with Crippen molar-refractivity contribution in [3.8, 4) is 0 Å². The molecule has 0 saturated carbocycles. The van der Waals surface area contributed by atoms with Gasteiger partial charge in [0, 0.05) is 6.04 Å². The zero-order chi connectivity index (χ0) is 21.0. The number of nitrogens with one attached hydrogen (secondary N) is 1. The molecule has 0 unspecified atom stereocenters. The molecule has 2 aromatic carbocycles. The first-order chi connectivity index (χ1) is 13.8. The van der Waals surface area contributed by atoms with E-state index in [0.717, 1.165) is 37.1 Å². The largest absolute Gasteiger partial charge is 0.352 e. The molecule has 0 aromatic heterocycles. The summed E-state index contributed by atoms with van der Waals surface area (Å²) >= 11 is 0. The number of piperidine rings is 1. The Labute approximate surface area is 173 Å². The summed E-state index contributed by atoms with van der Waals surface area (Å²) in [6, 6.07) is 14.0. The summed E-state index contributed by atoms with van der Waals surface area (Å²) in [5, 5.41) is 3.03. The SMILES string of the molecule is Cc1ccc(C)c(N(CC(=O)NC2CCN(C)CC2)S(=O)(=O)c2ccccc2)c1. The first-order valence-corrected chi connectivity index (χ1v) is 11.3. The van der Waals surface area contributed by atoms with Gasteiger partial charge in [-0.15, -0.1) is 0 Å². The molecule has 3 rings (SSSR count). The van der Waals surface area contributed by atoms with Crippen molar-refractivity contribution in [3.63, 3.8) is 0 Å². The average Bonchev–Trinajstić information content (AvgIpc) is 2.70. The van der Waals surface area contributed by atoms with Gasteiger partial charge in [0.05, 0.1) is 10.6 Å². The van der Waals surface area contributed by atoms with Crippen LogP contribution in [0.3, 0.4) is 0 Å². The van der Waals surface area contributed by atoms with Crippen LogP contribution in [0.2, 0.25) is 0 Å². The monoisotopic (exact) mass is 415 g/mol. The molecule has 7 heteroatoms. The average molecular weight is 416 g/mol. The number of rotatable bonds is 6. The highest BCUT2D eigenvalue weighted by Crippen LogP contribution is 2.27. The second kappa shape index (κ2) is 8.97. The second-order valence-corrected chi connectivity index (χ2v) is 9.62. The van der Waals surface area contributed by atoms with Crippen LogP contribution in [0.25, 0.3) is 0 Å². The number of carbonyl (C=O) groups excluding carboxylic acids is 1. The highest BCUT2D eigenvalue weighted by molar-refractivity contribution is 7.92. The van der Waals surface area contributed by atoms with Gasteiger partial charge in [-0.1, -0.05) is 30.3 Å². The lowest BCUT2D eigenvalue weighted by molar-refractivity contribution is -0.120. The predicted octanol–water partition coefficient (Wildman–Crippen LogP) is 2.71. The molecular formula is C22H29N3O3S. The minimum Gasteiger partial charge on any atom is -0.352 e. The minimum atomic E-state index is -3.87. The lowest BCUT2D eigenvalue weighted by Gasteiger charge is -2.31. The molecule has 29 heavy (non-hydrogen) atoms. The van der Waals surface area contributed by atoms with E-state index >= 15 is 0 Å². The maximum absolute atomic E-state index is 13.4. The molecule has 0 aliphatic carbocycles. The van der Waals surface area contributed by atoms with Gasteiger partial charge in [0.2, 0.25) is 5.91 Å². The Morgan fingerprint density at radius 1 is 1.10 bits per heavy atom. The van der Waals surface area contributed by atoms with Gasteiger partial charge in [-0.3, -0.25) is 9.10 Å². The summed E-state index contributed by atoms with van der Waals surface area (Å²) in [5.74, 6) is -0.278. The van der Waals surface area contributed by atoms with Gasteiger partial charge in [0.25, 0.3) is 10.0 Å². The third-order valence-corrected chi connectivity index (χ3v) is 7.11. The molecule has 0 spiro atoms. The quantitative estimate of drug-likeness (QED) is 0.788. The molecule has 1 N–H and O–H groups in total. The van der Waals surface area contributed by atoms with Gasteiger partial charge in [-0.25, -0.2) is 8.42 Å². The van der Waals surface area contributed by atoms with Crippen molar-refractivity contribution in [1.29, 1.82) is 0 Å². The summed E-state index contributed by atoms with van der Waals surface area (Å²) in [4.78, 5) is 15.2. The van der Waals surface area contributed by atoms with Crippen LogP contribution in [0, 0.1) is 13.8 Å². The molecular weight excluding hydrogens is 386 g/mol. The minimum absolute atomic E-state index is 0.0820. The first kappa shape index (κ1) is 21.3. The number of aryl methyl sites for hydroxylation is 2. The zero-order valence-electron chi connectivity index (χ0n) is 17.3. The maximum Gasteiger partial charge on any atom is 0.264 e. The fraction of sp³-hybridized carbons (Fsp3) is 0.409. The van der Waals surface area contributed by atoms with E-state index in [2.05, 4.69) is 17.3 Å². The summed E-state index contributed by atoms with van der Waals surface area (Å²) in [7, 11) is -1.81.